The smallest absolute Gasteiger partial charge is 0.339 e. The first-order valence-electron chi connectivity index (χ1n) is 9.51. The van der Waals surface area contributed by atoms with Crippen molar-refractivity contribution < 1.29 is 15.0 Å². The predicted molar refractivity (Wildman–Crippen MR) is 123 cm³/mol. The summed E-state index contributed by atoms with van der Waals surface area (Å²) < 4.78 is 0. The highest BCUT2D eigenvalue weighted by Gasteiger charge is 2.22. The molecule has 0 fully saturated rings. The van der Waals surface area contributed by atoms with Crippen molar-refractivity contribution >= 4 is 40.7 Å². The molecule has 4 rings (SSSR count). The van der Waals surface area contributed by atoms with Gasteiger partial charge in [-0.3, -0.25) is 0 Å². The lowest BCUT2D eigenvalue weighted by Gasteiger charge is -2.33. The van der Waals surface area contributed by atoms with E-state index in [1.807, 2.05) is 24.9 Å². The minimum absolute atomic E-state index is 0.0671. The number of anilines is 2. The summed E-state index contributed by atoms with van der Waals surface area (Å²) in [4.78, 5) is 15.2. The van der Waals surface area contributed by atoms with Crippen LogP contribution in [0.15, 0.2) is 76.5 Å². The number of hydrogen-bond donors (Lipinski definition) is 3. The Kier molecular flexibility index (Phi) is 7.63. The molecule has 7 heteroatoms. The summed E-state index contributed by atoms with van der Waals surface area (Å²) in [5.74, 6) is -1.31. The summed E-state index contributed by atoms with van der Waals surface area (Å²) in [6, 6.07) is 20.5. The molecule has 0 saturated carbocycles. The molecule has 0 unspecified atom stereocenters. The zero-order chi connectivity index (χ0) is 21.5. The zero-order valence-electron chi connectivity index (χ0n) is 16.5. The van der Waals surface area contributed by atoms with E-state index in [1.54, 1.807) is 12.1 Å². The van der Waals surface area contributed by atoms with Gasteiger partial charge in [0, 0.05) is 21.4 Å². The highest BCUT2D eigenvalue weighted by molar-refractivity contribution is 7.99. The molecule has 156 valence electrons. The number of benzene rings is 3. The van der Waals surface area contributed by atoms with E-state index in [0.29, 0.717) is 0 Å². The van der Waals surface area contributed by atoms with E-state index >= 15 is 0 Å². The third-order valence-corrected chi connectivity index (χ3v) is 5.90. The number of nitrogens with one attached hydrogen (secondary N) is 1. The van der Waals surface area contributed by atoms with Gasteiger partial charge in [0.25, 0.3) is 0 Å². The Hall–Kier alpha value is -2.67. The topological polar surface area (TPSA) is 72.8 Å². The number of aromatic carboxylic acids is 1. The monoisotopic (exact) mass is 442 g/mol. The maximum atomic E-state index is 10.3. The average Bonchev–Trinajstić information content (AvgIpc) is 2.74. The van der Waals surface area contributed by atoms with Crippen LogP contribution < -0.4 is 10.2 Å². The van der Waals surface area contributed by atoms with Crippen LogP contribution in [-0.2, 0) is 0 Å². The first-order valence-corrected chi connectivity index (χ1v) is 10.7. The number of carboxylic acids is 1. The molecular weight excluding hydrogens is 420 g/mol. The SMILES string of the molecule is CNCCCN1c2ccccc2Sc2ccc(Cl)cc21.O=C(O)c1ccccc1O. The summed E-state index contributed by atoms with van der Waals surface area (Å²) in [7, 11) is 1.99. The fourth-order valence-corrected chi connectivity index (χ4v) is 4.35. The predicted octanol–water partition coefficient (Wildman–Crippen LogP) is 5.64. The van der Waals surface area contributed by atoms with E-state index in [9.17, 15) is 4.79 Å². The van der Waals surface area contributed by atoms with Crippen molar-refractivity contribution in [2.24, 2.45) is 0 Å². The first-order chi connectivity index (χ1) is 14.5. The third kappa shape index (κ3) is 5.27. The van der Waals surface area contributed by atoms with Crippen molar-refractivity contribution in [3.8, 4) is 5.75 Å². The lowest BCUT2D eigenvalue weighted by Crippen LogP contribution is -2.24. The van der Waals surface area contributed by atoms with Gasteiger partial charge in [0.15, 0.2) is 0 Å². The molecule has 1 aliphatic heterocycles. The summed E-state index contributed by atoms with van der Waals surface area (Å²) in [5.41, 5.74) is 2.43. The lowest BCUT2D eigenvalue weighted by atomic mass is 10.2. The largest absolute Gasteiger partial charge is 0.507 e. The van der Waals surface area contributed by atoms with Crippen LogP contribution in [0, 0.1) is 0 Å². The Morgan fingerprint density at radius 3 is 2.43 bits per heavy atom. The minimum Gasteiger partial charge on any atom is -0.507 e. The second kappa shape index (κ2) is 10.4. The van der Waals surface area contributed by atoms with Gasteiger partial charge in [-0.25, -0.2) is 4.79 Å². The number of phenols is 1. The van der Waals surface area contributed by atoms with Crippen molar-refractivity contribution in [3.63, 3.8) is 0 Å². The molecule has 0 spiro atoms. The number of nitrogens with zero attached hydrogens (tertiary/aromatic N) is 1. The Bertz CT molecular complexity index is 1030. The average molecular weight is 443 g/mol. The maximum absolute atomic E-state index is 10.3. The fourth-order valence-electron chi connectivity index (χ4n) is 3.11. The van der Waals surface area contributed by atoms with Gasteiger partial charge >= 0.3 is 5.97 Å². The van der Waals surface area contributed by atoms with Crippen LogP contribution >= 0.6 is 23.4 Å². The van der Waals surface area contributed by atoms with Crippen LogP contribution in [0.2, 0.25) is 5.02 Å². The second-order valence-electron chi connectivity index (χ2n) is 6.61. The zero-order valence-corrected chi connectivity index (χ0v) is 18.1. The molecule has 0 atom stereocenters. The molecule has 3 aromatic rings. The summed E-state index contributed by atoms with van der Waals surface area (Å²) >= 11 is 8.00. The lowest BCUT2D eigenvalue weighted by molar-refractivity contribution is 0.0693. The van der Waals surface area contributed by atoms with Crippen molar-refractivity contribution in [2.75, 3.05) is 25.0 Å². The minimum atomic E-state index is -1.11. The first kappa shape index (κ1) is 22.0. The molecule has 3 N–H and O–H groups in total. The quantitative estimate of drug-likeness (QED) is 0.444. The van der Waals surface area contributed by atoms with Crippen molar-refractivity contribution in [2.45, 2.75) is 16.2 Å². The number of hydrogen-bond acceptors (Lipinski definition) is 5. The van der Waals surface area contributed by atoms with Gasteiger partial charge in [0.05, 0.1) is 11.4 Å². The van der Waals surface area contributed by atoms with Crippen LogP contribution in [0.5, 0.6) is 5.75 Å². The van der Waals surface area contributed by atoms with Crippen LogP contribution in [-0.4, -0.2) is 36.3 Å². The van der Waals surface area contributed by atoms with E-state index in [-0.39, 0.29) is 11.3 Å². The van der Waals surface area contributed by atoms with Gasteiger partial charge < -0.3 is 20.4 Å². The van der Waals surface area contributed by atoms with Crippen molar-refractivity contribution in [1.29, 1.82) is 0 Å². The van der Waals surface area contributed by atoms with Gasteiger partial charge in [0.1, 0.15) is 11.3 Å². The van der Waals surface area contributed by atoms with Gasteiger partial charge in [-0.2, -0.15) is 0 Å². The molecule has 0 radical (unpaired) electrons. The Morgan fingerprint density at radius 1 is 1.03 bits per heavy atom. The Morgan fingerprint density at radius 2 is 1.73 bits per heavy atom. The molecule has 1 aliphatic rings. The Labute approximate surface area is 185 Å². The van der Waals surface area contributed by atoms with E-state index in [4.69, 9.17) is 21.8 Å². The molecular formula is C23H23ClN2O3S. The number of para-hydroxylation sites is 2. The maximum Gasteiger partial charge on any atom is 0.339 e. The van der Waals surface area contributed by atoms with E-state index < -0.39 is 5.97 Å². The molecule has 0 saturated heterocycles. The number of carbonyl (C=O) groups is 1. The standard InChI is InChI=1S/C16H17ClN2S.C7H6O3/c1-18-9-4-10-19-13-5-2-3-6-15(13)20-16-8-7-12(17)11-14(16)19;8-6-4-2-1-3-5(6)7(9)10/h2-3,5-8,11,18H,4,9-10H2,1H3;1-4,8H,(H,9,10). The molecule has 1 heterocycles. The van der Waals surface area contributed by atoms with Crippen LogP contribution in [0.25, 0.3) is 0 Å². The third-order valence-electron chi connectivity index (χ3n) is 4.53. The van der Waals surface area contributed by atoms with E-state index in [0.717, 1.165) is 24.5 Å². The summed E-state index contributed by atoms with van der Waals surface area (Å²) in [6.45, 7) is 2.01. The second-order valence-corrected chi connectivity index (χ2v) is 8.13. The number of rotatable bonds is 5. The van der Waals surface area contributed by atoms with E-state index in [1.165, 1.54) is 33.3 Å². The molecule has 30 heavy (non-hydrogen) atoms. The van der Waals surface area contributed by atoms with Crippen molar-refractivity contribution in [3.05, 3.63) is 77.3 Å². The number of halogens is 1. The highest BCUT2D eigenvalue weighted by Crippen LogP contribution is 2.48. The normalized spacial score (nSPS) is 11.7. The van der Waals surface area contributed by atoms with Gasteiger partial charge in [-0.15, -0.1) is 0 Å². The molecule has 0 amide bonds. The molecule has 5 nitrogen and oxygen atoms in total. The van der Waals surface area contributed by atoms with Crippen LogP contribution in [0.1, 0.15) is 16.8 Å². The molecule has 3 aromatic carbocycles. The van der Waals surface area contributed by atoms with Crippen molar-refractivity contribution in [1.82, 2.24) is 5.32 Å². The highest BCUT2D eigenvalue weighted by atomic mass is 35.5. The number of carboxylic acid groups (broad SMARTS) is 1. The van der Waals surface area contributed by atoms with Gasteiger partial charge in [-0.1, -0.05) is 47.6 Å². The van der Waals surface area contributed by atoms with Crippen LogP contribution in [0.3, 0.4) is 0 Å². The molecule has 0 aromatic heterocycles. The molecule has 0 bridgehead atoms. The van der Waals surface area contributed by atoms with Gasteiger partial charge in [-0.05, 0) is 62.5 Å². The van der Waals surface area contributed by atoms with E-state index in [2.05, 4.69) is 46.6 Å². The Balaban J connectivity index is 0.000000216. The van der Waals surface area contributed by atoms with Gasteiger partial charge in [0.2, 0.25) is 0 Å². The number of fused-ring (bicyclic) bond motifs is 2. The fraction of sp³-hybridized carbons (Fsp3) is 0.174. The molecule has 0 aliphatic carbocycles. The van der Waals surface area contributed by atoms with Crippen LogP contribution in [0.4, 0.5) is 11.4 Å². The number of aromatic hydroxyl groups is 1. The summed E-state index contributed by atoms with van der Waals surface area (Å²) in [5, 5.41) is 21.3. The summed E-state index contributed by atoms with van der Waals surface area (Å²) in [6.07, 6.45) is 1.10.